The Hall–Kier alpha value is -0.410. The molecule has 16 heavy (non-hydrogen) atoms. The Morgan fingerprint density at radius 3 is 2.44 bits per heavy atom. The molecule has 3 nitrogen and oxygen atoms in total. The lowest BCUT2D eigenvalue weighted by molar-refractivity contribution is -0.124. The molecule has 0 bridgehead atoms. The minimum Gasteiger partial charge on any atom is -0.377 e. The van der Waals surface area contributed by atoms with Gasteiger partial charge in [0.1, 0.15) is 6.61 Å². The lowest BCUT2D eigenvalue weighted by Gasteiger charge is -2.38. The van der Waals surface area contributed by atoms with E-state index in [1.807, 2.05) is 0 Å². The molecule has 0 unspecified atom stereocenters. The first kappa shape index (κ1) is 13.7. The van der Waals surface area contributed by atoms with Crippen LogP contribution in [0.1, 0.15) is 39.5 Å². The number of rotatable bonds is 5. The number of methoxy groups -OCH3 is 1. The van der Waals surface area contributed by atoms with Gasteiger partial charge in [-0.25, -0.2) is 0 Å². The SMILES string of the molecule is COCC(=O)CN(C)C1CCC(C)(C)CC1. The van der Waals surface area contributed by atoms with Crippen molar-refractivity contribution in [2.75, 3.05) is 27.3 Å². The second-order valence-electron chi connectivity index (χ2n) is 5.78. The van der Waals surface area contributed by atoms with Gasteiger partial charge in [0.25, 0.3) is 0 Å². The molecular weight excluding hydrogens is 202 g/mol. The highest BCUT2D eigenvalue weighted by Gasteiger charge is 2.29. The maximum Gasteiger partial charge on any atom is 0.172 e. The molecule has 0 radical (unpaired) electrons. The fourth-order valence-electron chi connectivity index (χ4n) is 2.44. The largest absolute Gasteiger partial charge is 0.377 e. The van der Waals surface area contributed by atoms with Crippen molar-refractivity contribution in [2.24, 2.45) is 5.41 Å². The minimum absolute atomic E-state index is 0.176. The molecule has 1 saturated carbocycles. The van der Waals surface area contributed by atoms with Gasteiger partial charge in [0, 0.05) is 13.2 Å². The van der Waals surface area contributed by atoms with Crippen molar-refractivity contribution in [2.45, 2.75) is 45.6 Å². The van der Waals surface area contributed by atoms with Gasteiger partial charge < -0.3 is 4.74 Å². The number of hydrogen-bond donors (Lipinski definition) is 0. The third kappa shape index (κ3) is 4.22. The summed E-state index contributed by atoms with van der Waals surface area (Å²) in [6.45, 7) is 5.43. The van der Waals surface area contributed by atoms with Crippen LogP contribution >= 0.6 is 0 Å². The van der Waals surface area contributed by atoms with Gasteiger partial charge in [0.2, 0.25) is 0 Å². The first-order chi connectivity index (χ1) is 7.44. The van der Waals surface area contributed by atoms with E-state index >= 15 is 0 Å². The van der Waals surface area contributed by atoms with Crippen LogP contribution in [-0.2, 0) is 9.53 Å². The van der Waals surface area contributed by atoms with E-state index in [2.05, 4.69) is 25.8 Å². The van der Waals surface area contributed by atoms with Gasteiger partial charge in [0.15, 0.2) is 5.78 Å². The van der Waals surface area contributed by atoms with Gasteiger partial charge in [-0.15, -0.1) is 0 Å². The summed E-state index contributed by atoms with van der Waals surface area (Å²) < 4.78 is 4.85. The normalized spacial score (nSPS) is 21.3. The van der Waals surface area contributed by atoms with E-state index in [1.165, 1.54) is 25.7 Å². The van der Waals surface area contributed by atoms with Crippen molar-refractivity contribution in [3.8, 4) is 0 Å². The highest BCUT2D eigenvalue weighted by atomic mass is 16.5. The van der Waals surface area contributed by atoms with Crippen LogP contribution in [0.4, 0.5) is 0 Å². The van der Waals surface area contributed by atoms with Crippen LogP contribution in [0.5, 0.6) is 0 Å². The highest BCUT2D eigenvalue weighted by Crippen LogP contribution is 2.36. The second kappa shape index (κ2) is 5.78. The molecule has 0 amide bonds. The minimum atomic E-state index is 0.176. The number of carbonyl (C=O) groups is 1. The van der Waals surface area contributed by atoms with E-state index in [1.54, 1.807) is 7.11 Å². The van der Waals surface area contributed by atoms with Crippen LogP contribution in [0, 0.1) is 5.41 Å². The molecule has 0 aromatic rings. The number of likely N-dealkylation sites (N-methyl/N-ethyl adjacent to an activating group) is 1. The third-order valence-corrected chi connectivity index (χ3v) is 3.66. The Balaban J connectivity index is 2.33. The predicted molar refractivity (Wildman–Crippen MR) is 65.6 cm³/mol. The average molecular weight is 227 g/mol. The number of hydrogen-bond acceptors (Lipinski definition) is 3. The molecule has 0 atom stereocenters. The predicted octanol–water partition coefficient (Wildman–Crippen LogP) is 2.10. The van der Waals surface area contributed by atoms with E-state index in [-0.39, 0.29) is 12.4 Å². The zero-order chi connectivity index (χ0) is 12.2. The number of nitrogens with zero attached hydrogens (tertiary/aromatic N) is 1. The van der Waals surface area contributed by atoms with Gasteiger partial charge >= 0.3 is 0 Å². The molecule has 0 heterocycles. The van der Waals surface area contributed by atoms with E-state index in [4.69, 9.17) is 4.74 Å². The van der Waals surface area contributed by atoms with Crippen LogP contribution in [-0.4, -0.2) is 44.0 Å². The Bertz CT molecular complexity index is 228. The van der Waals surface area contributed by atoms with Gasteiger partial charge in [-0.05, 0) is 38.1 Å². The molecule has 0 aromatic heterocycles. The van der Waals surface area contributed by atoms with Crippen LogP contribution in [0.25, 0.3) is 0 Å². The quantitative estimate of drug-likeness (QED) is 0.720. The van der Waals surface area contributed by atoms with Crippen molar-refractivity contribution in [3.05, 3.63) is 0 Å². The zero-order valence-corrected chi connectivity index (χ0v) is 11.1. The van der Waals surface area contributed by atoms with E-state index in [9.17, 15) is 4.79 Å². The summed E-state index contributed by atoms with van der Waals surface area (Å²) in [6, 6.07) is 0.578. The number of ether oxygens (including phenoxy) is 1. The lowest BCUT2D eigenvalue weighted by atomic mass is 9.75. The molecule has 0 aliphatic heterocycles. The van der Waals surface area contributed by atoms with Crippen molar-refractivity contribution < 1.29 is 9.53 Å². The Labute approximate surface area is 99.1 Å². The molecule has 1 aliphatic carbocycles. The summed E-state index contributed by atoms with van der Waals surface area (Å²) in [5, 5.41) is 0. The first-order valence-electron chi connectivity index (χ1n) is 6.15. The topological polar surface area (TPSA) is 29.5 Å². The molecule has 1 aliphatic rings. The fourth-order valence-corrected chi connectivity index (χ4v) is 2.44. The Morgan fingerprint density at radius 1 is 1.38 bits per heavy atom. The molecule has 1 fully saturated rings. The number of Topliss-reactive ketones (excluding diaryl/α,β-unsaturated/α-hetero) is 1. The van der Waals surface area contributed by atoms with E-state index in [0.717, 1.165) is 0 Å². The smallest absolute Gasteiger partial charge is 0.172 e. The maximum absolute atomic E-state index is 11.5. The molecule has 0 aromatic carbocycles. The molecule has 0 saturated heterocycles. The second-order valence-corrected chi connectivity index (χ2v) is 5.78. The van der Waals surface area contributed by atoms with Gasteiger partial charge in [-0.3, -0.25) is 9.69 Å². The molecular formula is C13H25NO2. The summed E-state index contributed by atoms with van der Waals surface area (Å²) in [4.78, 5) is 13.6. The standard InChI is InChI=1S/C13H25NO2/c1-13(2)7-5-11(6-8-13)14(3)9-12(15)10-16-4/h11H,5-10H2,1-4H3. The highest BCUT2D eigenvalue weighted by molar-refractivity contribution is 5.81. The third-order valence-electron chi connectivity index (χ3n) is 3.66. The van der Waals surface area contributed by atoms with Crippen molar-refractivity contribution in [1.29, 1.82) is 0 Å². The monoisotopic (exact) mass is 227 g/mol. The summed E-state index contributed by atoms with van der Waals surface area (Å²) in [6.07, 6.45) is 4.95. The maximum atomic E-state index is 11.5. The van der Waals surface area contributed by atoms with Crippen LogP contribution in [0.15, 0.2) is 0 Å². The summed E-state index contributed by atoms with van der Waals surface area (Å²) in [5.74, 6) is 0.176. The van der Waals surface area contributed by atoms with Gasteiger partial charge in [0.05, 0.1) is 6.54 Å². The van der Waals surface area contributed by atoms with Crippen molar-refractivity contribution in [1.82, 2.24) is 4.90 Å². The summed E-state index contributed by atoms with van der Waals surface area (Å²) in [5.41, 5.74) is 0.494. The molecule has 1 rings (SSSR count). The zero-order valence-electron chi connectivity index (χ0n) is 11.1. The number of ketones is 1. The number of carbonyl (C=O) groups excluding carboxylic acids is 1. The van der Waals surface area contributed by atoms with Crippen molar-refractivity contribution in [3.63, 3.8) is 0 Å². The van der Waals surface area contributed by atoms with Gasteiger partial charge in [-0.1, -0.05) is 13.8 Å². The van der Waals surface area contributed by atoms with E-state index < -0.39 is 0 Å². The summed E-state index contributed by atoms with van der Waals surface area (Å²) in [7, 11) is 3.62. The first-order valence-corrected chi connectivity index (χ1v) is 6.15. The average Bonchev–Trinajstić information content (AvgIpc) is 2.17. The molecule has 0 spiro atoms. The Kier molecular flexibility index (Phi) is 4.93. The molecule has 94 valence electrons. The van der Waals surface area contributed by atoms with Crippen LogP contribution < -0.4 is 0 Å². The van der Waals surface area contributed by atoms with Crippen molar-refractivity contribution >= 4 is 5.78 Å². The summed E-state index contributed by atoms with van der Waals surface area (Å²) >= 11 is 0. The fraction of sp³-hybridized carbons (Fsp3) is 0.923. The van der Waals surface area contributed by atoms with Crippen LogP contribution in [0.3, 0.4) is 0 Å². The van der Waals surface area contributed by atoms with E-state index in [0.29, 0.717) is 18.0 Å². The van der Waals surface area contributed by atoms with Crippen LogP contribution in [0.2, 0.25) is 0 Å². The Morgan fingerprint density at radius 2 is 1.94 bits per heavy atom. The lowest BCUT2D eigenvalue weighted by Crippen LogP contribution is -2.40. The molecule has 3 heteroatoms. The van der Waals surface area contributed by atoms with Gasteiger partial charge in [-0.2, -0.15) is 0 Å². The molecule has 0 N–H and O–H groups in total.